The second-order valence-corrected chi connectivity index (χ2v) is 4.34. The molecule has 1 saturated heterocycles. The molecule has 5 heteroatoms. The average molecular weight is 254 g/mol. The number of rotatable bonds is 5. The predicted molar refractivity (Wildman–Crippen MR) is 66.3 cm³/mol. The van der Waals surface area contributed by atoms with E-state index in [9.17, 15) is 4.39 Å². The number of ether oxygens (including phenoxy) is 1. The molecule has 4 nitrogen and oxygen atoms in total. The number of benzene rings is 1. The van der Waals surface area contributed by atoms with E-state index >= 15 is 0 Å². The summed E-state index contributed by atoms with van der Waals surface area (Å²) in [4.78, 5) is 6.95. The fourth-order valence-corrected chi connectivity index (χ4v) is 1.98. The molecule has 0 unspecified atom stereocenters. The highest BCUT2D eigenvalue weighted by Crippen LogP contribution is 2.14. The van der Waals surface area contributed by atoms with Crippen molar-refractivity contribution in [2.24, 2.45) is 0 Å². The molecule has 0 aliphatic carbocycles. The number of halogens is 1. The topological polar surface area (TPSA) is 33.7 Å². The van der Waals surface area contributed by atoms with Crippen LogP contribution in [-0.2, 0) is 22.7 Å². The molecule has 0 amide bonds. The lowest BCUT2D eigenvalue weighted by Crippen LogP contribution is -2.35. The molecule has 0 atom stereocenters. The van der Waals surface area contributed by atoms with Gasteiger partial charge in [-0.1, -0.05) is 12.1 Å². The van der Waals surface area contributed by atoms with Gasteiger partial charge in [-0.05, 0) is 11.6 Å². The highest BCUT2D eigenvalue weighted by Gasteiger charge is 2.13. The van der Waals surface area contributed by atoms with Crippen LogP contribution in [0, 0.1) is 5.82 Å². The lowest BCUT2D eigenvalue weighted by Gasteiger charge is -2.26. The third-order valence-corrected chi connectivity index (χ3v) is 3.04. The maximum atomic E-state index is 13.9. The molecule has 0 bridgehead atoms. The van der Waals surface area contributed by atoms with E-state index in [1.165, 1.54) is 0 Å². The summed E-state index contributed by atoms with van der Waals surface area (Å²) in [7, 11) is 1.54. The van der Waals surface area contributed by atoms with Gasteiger partial charge in [0.05, 0.1) is 20.3 Å². The zero-order valence-corrected chi connectivity index (χ0v) is 10.6. The lowest BCUT2D eigenvalue weighted by atomic mass is 10.1. The van der Waals surface area contributed by atoms with Crippen molar-refractivity contribution < 1.29 is 14.0 Å². The van der Waals surface area contributed by atoms with Gasteiger partial charge in [0.15, 0.2) is 0 Å². The van der Waals surface area contributed by atoms with E-state index in [-0.39, 0.29) is 5.82 Å². The van der Waals surface area contributed by atoms with Gasteiger partial charge >= 0.3 is 0 Å². The number of nitrogens with one attached hydrogen (secondary N) is 1. The highest BCUT2D eigenvalue weighted by atomic mass is 19.1. The molecule has 18 heavy (non-hydrogen) atoms. The first-order valence-electron chi connectivity index (χ1n) is 6.13. The third kappa shape index (κ3) is 3.74. The third-order valence-electron chi connectivity index (χ3n) is 3.04. The lowest BCUT2D eigenvalue weighted by molar-refractivity contribution is 0.0337. The average Bonchev–Trinajstić information content (AvgIpc) is 2.40. The first kappa shape index (κ1) is 13.4. The summed E-state index contributed by atoms with van der Waals surface area (Å²) in [6.45, 7) is 4.35. The van der Waals surface area contributed by atoms with E-state index in [2.05, 4.69) is 10.4 Å². The Labute approximate surface area is 107 Å². The van der Waals surface area contributed by atoms with E-state index in [1.807, 2.05) is 12.1 Å². The number of hydrogen-bond acceptors (Lipinski definition) is 4. The minimum atomic E-state index is -0.156. The van der Waals surface area contributed by atoms with Crippen molar-refractivity contribution in [2.75, 3.05) is 33.4 Å². The Hall–Kier alpha value is -1.01. The standard InChI is InChI=1S/C13H19FN2O2/c1-17-15-9-11-2-3-12(13(14)8-11)10-16-4-6-18-7-5-16/h2-3,8,15H,4-7,9-10H2,1H3. The molecule has 0 aromatic heterocycles. The van der Waals surface area contributed by atoms with Gasteiger partial charge in [-0.3, -0.25) is 4.90 Å². The quantitative estimate of drug-likeness (QED) is 0.803. The van der Waals surface area contributed by atoms with Gasteiger partial charge < -0.3 is 9.57 Å². The molecule has 1 N–H and O–H groups in total. The Morgan fingerprint density at radius 2 is 2.17 bits per heavy atom. The monoisotopic (exact) mass is 254 g/mol. The Kier molecular flexibility index (Phi) is 5.07. The van der Waals surface area contributed by atoms with Crippen LogP contribution >= 0.6 is 0 Å². The van der Waals surface area contributed by atoms with Gasteiger partial charge in [0.25, 0.3) is 0 Å². The maximum Gasteiger partial charge on any atom is 0.128 e. The Morgan fingerprint density at radius 1 is 1.39 bits per heavy atom. The minimum Gasteiger partial charge on any atom is -0.379 e. The molecule has 1 fully saturated rings. The van der Waals surface area contributed by atoms with Crippen LogP contribution in [0.15, 0.2) is 18.2 Å². The fourth-order valence-electron chi connectivity index (χ4n) is 1.98. The molecule has 0 saturated carbocycles. The van der Waals surface area contributed by atoms with Gasteiger partial charge in [0.1, 0.15) is 5.82 Å². The minimum absolute atomic E-state index is 0.156. The summed E-state index contributed by atoms with van der Waals surface area (Å²) in [5.74, 6) is -0.156. The van der Waals surface area contributed by atoms with Crippen LogP contribution in [0.2, 0.25) is 0 Å². The Balaban J connectivity index is 1.95. The van der Waals surface area contributed by atoms with Crippen molar-refractivity contribution in [3.8, 4) is 0 Å². The largest absolute Gasteiger partial charge is 0.379 e. The van der Waals surface area contributed by atoms with Crippen molar-refractivity contribution in [1.29, 1.82) is 0 Å². The van der Waals surface area contributed by atoms with Crippen molar-refractivity contribution in [3.63, 3.8) is 0 Å². The van der Waals surface area contributed by atoms with Crippen LogP contribution in [-0.4, -0.2) is 38.3 Å². The predicted octanol–water partition coefficient (Wildman–Crippen LogP) is 1.31. The second-order valence-electron chi connectivity index (χ2n) is 4.34. The smallest absolute Gasteiger partial charge is 0.128 e. The molecular formula is C13H19FN2O2. The molecule has 1 aromatic rings. The molecule has 0 spiro atoms. The Morgan fingerprint density at radius 3 is 2.83 bits per heavy atom. The molecule has 100 valence electrons. The van der Waals surface area contributed by atoms with Gasteiger partial charge in [-0.15, -0.1) is 0 Å². The molecule has 1 aromatic carbocycles. The van der Waals surface area contributed by atoms with E-state index in [1.54, 1.807) is 13.2 Å². The number of hydrogen-bond donors (Lipinski definition) is 1. The summed E-state index contributed by atoms with van der Waals surface area (Å²) in [5.41, 5.74) is 4.31. The normalized spacial score (nSPS) is 17.0. The van der Waals surface area contributed by atoms with E-state index in [4.69, 9.17) is 9.57 Å². The van der Waals surface area contributed by atoms with Gasteiger partial charge in [0, 0.05) is 31.7 Å². The van der Waals surface area contributed by atoms with Crippen molar-refractivity contribution in [3.05, 3.63) is 35.1 Å². The molecule has 1 aliphatic rings. The molecular weight excluding hydrogens is 235 g/mol. The summed E-state index contributed by atoms with van der Waals surface area (Å²) >= 11 is 0. The fraction of sp³-hybridized carbons (Fsp3) is 0.538. The number of nitrogens with zero attached hydrogens (tertiary/aromatic N) is 1. The summed E-state index contributed by atoms with van der Waals surface area (Å²) in [6, 6.07) is 5.32. The summed E-state index contributed by atoms with van der Waals surface area (Å²) < 4.78 is 19.2. The van der Waals surface area contributed by atoms with Crippen molar-refractivity contribution in [1.82, 2.24) is 10.4 Å². The zero-order chi connectivity index (χ0) is 12.8. The number of morpholine rings is 1. The van der Waals surface area contributed by atoms with Crippen molar-refractivity contribution in [2.45, 2.75) is 13.1 Å². The van der Waals surface area contributed by atoms with Gasteiger partial charge in [0.2, 0.25) is 0 Å². The van der Waals surface area contributed by atoms with E-state index in [0.29, 0.717) is 13.1 Å². The molecule has 0 radical (unpaired) electrons. The SMILES string of the molecule is CONCc1ccc(CN2CCOCC2)c(F)c1. The van der Waals surface area contributed by atoms with E-state index in [0.717, 1.165) is 37.4 Å². The second kappa shape index (κ2) is 6.80. The zero-order valence-electron chi connectivity index (χ0n) is 10.6. The van der Waals surface area contributed by atoms with Crippen LogP contribution in [0.25, 0.3) is 0 Å². The van der Waals surface area contributed by atoms with Gasteiger partial charge in [-0.2, -0.15) is 5.48 Å². The summed E-state index contributed by atoms with van der Waals surface area (Å²) in [5, 5.41) is 0. The first-order valence-corrected chi connectivity index (χ1v) is 6.13. The molecule has 1 aliphatic heterocycles. The first-order chi connectivity index (χ1) is 8.79. The number of hydroxylamine groups is 1. The van der Waals surface area contributed by atoms with Crippen LogP contribution < -0.4 is 5.48 Å². The Bertz CT molecular complexity index is 381. The van der Waals surface area contributed by atoms with Crippen molar-refractivity contribution >= 4 is 0 Å². The van der Waals surface area contributed by atoms with Crippen LogP contribution in [0.1, 0.15) is 11.1 Å². The van der Waals surface area contributed by atoms with Crippen LogP contribution in [0.3, 0.4) is 0 Å². The van der Waals surface area contributed by atoms with E-state index < -0.39 is 0 Å². The molecule has 2 rings (SSSR count). The summed E-state index contributed by atoms with van der Waals surface area (Å²) in [6.07, 6.45) is 0. The van der Waals surface area contributed by atoms with Gasteiger partial charge in [-0.25, -0.2) is 4.39 Å². The van der Waals surface area contributed by atoms with Crippen LogP contribution in [0.5, 0.6) is 0 Å². The highest BCUT2D eigenvalue weighted by molar-refractivity contribution is 5.24. The maximum absolute atomic E-state index is 13.9. The van der Waals surface area contributed by atoms with Crippen LogP contribution in [0.4, 0.5) is 4.39 Å². The molecule has 1 heterocycles.